The average molecular weight is 624 g/mol. The Labute approximate surface area is 261 Å². The molecule has 6 rings (SSSR count). The molecule has 1 aliphatic rings. The average Bonchev–Trinajstić information content (AvgIpc) is 3.62. The molecule has 4 aromatic carbocycles. The Bertz CT molecular complexity index is 1820. The van der Waals surface area contributed by atoms with Gasteiger partial charge in [-0.1, -0.05) is 95.4 Å². The summed E-state index contributed by atoms with van der Waals surface area (Å²) >= 11 is 2.67. The van der Waals surface area contributed by atoms with Gasteiger partial charge in [0.15, 0.2) is 4.34 Å². The van der Waals surface area contributed by atoms with Crippen molar-refractivity contribution in [3.8, 4) is 5.75 Å². The molecule has 1 fully saturated rings. The quantitative estimate of drug-likeness (QED) is 0.0598. The van der Waals surface area contributed by atoms with Crippen LogP contribution in [0.1, 0.15) is 33.9 Å². The number of thioether (sulfide) groups is 1. The van der Waals surface area contributed by atoms with E-state index in [2.05, 4.69) is 10.2 Å². The van der Waals surface area contributed by atoms with E-state index in [1.54, 1.807) is 24.3 Å². The highest BCUT2D eigenvalue weighted by Crippen LogP contribution is 2.44. The first-order valence-corrected chi connectivity index (χ1v) is 15.5. The van der Waals surface area contributed by atoms with Crippen molar-refractivity contribution in [1.82, 2.24) is 10.2 Å². The molecule has 1 atom stereocenters. The predicted octanol–water partition coefficient (Wildman–Crippen LogP) is 7.48. The third-order valence-corrected chi connectivity index (χ3v) is 9.22. The smallest absolute Gasteiger partial charge is 0.301 e. The zero-order chi connectivity index (χ0) is 30.6. The number of nitrogens with zero attached hydrogens (tertiary/aromatic N) is 3. The number of aliphatic hydroxyl groups is 1. The van der Waals surface area contributed by atoms with Gasteiger partial charge in [0.25, 0.3) is 5.78 Å². The lowest BCUT2D eigenvalue weighted by Gasteiger charge is -2.22. The first kappa shape index (κ1) is 29.3. The summed E-state index contributed by atoms with van der Waals surface area (Å²) in [7, 11) is 0. The Hall–Kier alpha value is -4.80. The van der Waals surface area contributed by atoms with Crippen LogP contribution in [0.2, 0.25) is 0 Å². The maximum atomic E-state index is 13.6. The lowest BCUT2D eigenvalue weighted by Crippen LogP contribution is -2.29. The lowest BCUT2D eigenvalue weighted by molar-refractivity contribution is -0.132. The second-order valence-electron chi connectivity index (χ2n) is 10.1. The number of Topliss-reactive ketones (excluding diaryl/α,β-unsaturated/α-hetero) is 1. The molecule has 7 nitrogen and oxygen atoms in total. The topological polar surface area (TPSA) is 92.6 Å². The molecular formula is C34H26FN3O4S2. The normalized spacial score (nSPS) is 16.0. The van der Waals surface area contributed by atoms with Crippen molar-refractivity contribution in [2.24, 2.45) is 0 Å². The molecule has 220 valence electrons. The highest BCUT2D eigenvalue weighted by Gasteiger charge is 2.48. The van der Waals surface area contributed by atoms with E-state index < -0.39 is 29.3 Å². The van der Waals surface area contributed by atoms with Crippen molar-refractivity contribution in [3.63, 3.8) is 0 Å². The molecule has 0 spiro atoms. The van der Waals surface area contributed by atoms with Gasteiger partial charge in [0, 0.05) is 11.3 Å². The minimum Gasteiger partial charge on any atom is -0.507 e. The van der Waals surface area contributed by atoms with Gasteiger partial charge in [-0.3, -0.25) is 14.5 Å². The number of carbonyl (C=O) groups excluding carboxylic acids is 2. The second-order valence-corrected chi connectivity index (χ2v) is 12.3. The second kappa shape index (κ2) is 12.8. The molecule has 0 saturated carbocycles. The minimum atomic E-state index is -0.994. The van der Waals surface area contributed by atoms with Crippen LogP contribution in [-0.4, -0.2) is 27.0 Å². The Morgan fingerprint density at radius 1 is 0.909 bits per heavy atom. The van der Waals surface area contributed by atoms with Crippen LogP contribution in [0.25, 0.3) is 5.76 Å². The number of ether oxygens (including phenoxy) is 1. The number of aromatic nitrogens is 2. The maximum Gasteiger partial charge on any atom is 0.301 e. The molecule has 5 aromatic rings. The summed E-state index contributed by atoms with van der Waals surface area (Å²) in [6.45, 7) is 2.40. The number of hydrogen-bond acceptors (Lipinski definition) is 8. The largest absolute Gasteiger partial charge is 0.507 e. The zero-order valence-electron chi connectivity index (χ0n) is 23.5. The number of halogens is 1. The fourth-order valence-corrected chi connectivity index (χ4v) is 6.61. The molecule has 10 heteroatoms. The fourth-order valence-electron chi connectivity index (χ4n) is 4.78. The van der Waals surface area contributed by atoms with Crippen LogP contribution in [0.5, 0.6) is 5.75 Å². The highest BCUT2D eigenvalue weighted by molar-refractivity contribution is 8.00. The minimum absolute atomic E-state index is 0.122. The van der Waals surface area contributed by atoms with Gasteiger partial charge in [-0.25, -0.2) is 4.39 Å². The molecule has 0 bridgehead atoms. The summed E-state index contributed by atoms with van der Waals surface area (Å²) in [6.07, 6.45) is 0. The number of carbonyl (C=O) groups is 2. The van der Waals surface area contributed by atoms with Gasteiger partial charge in [0.2, 0.25) is 5.13 Å². The molecule has 1 aliphatic heterocycles. The number of ketones is 1. The van der Waals surface area contributed by atoms with Crippen LogP contribution in [-0.2, 0) is 21.9 Å². The monoisotopic (exact) mass is 623 g/mol. The van der Waals surface area contributed by atoms with Crippen LogP contribution >= 0.6 is 23.1 Å². The van der Waals surface area contributed by atoms with Crippen molar-refractivity contribution < 1.29 is 23.8 Å². The molecule has 1 aromatic heterocycles. The van der Waals surface area contributed by atoms with Gasteiger partial charge in [-0.05, 0) is 60.0 Å². The molecule has 2 heterocycles. The Balaban J connectivity index is 1.33. The Morgan fingerprint density at radius 2 is 1.61 bits per heavy atom. The Kier molecular flexibility index (Phi) is 8.53. The van der Waals surface area contributed by atoms with E-state index in [1.807, 2.05) is 61.5 Å². The summed E-state index contributed by atoms with van der Waals surface area (Å²) in [5, 5.41) is 20.1. The molecule has 1 saturated heterocycles. The van der Waals surface area contributed by atoms with E-state index >= 15 is 0 Å². The summed E-state index contributed by atoms with van der Waals surface area (Å²) in [4.78, 5) is 28.3. The van der Waals surface area contributed by atoms with Crippen molar-refractivity contribution >= 4 is 45.7 Å². The molecule has 0 aliphatic carbocycles. The third-order valence-electron chi connectivity index (χ3n) is 7.09. The standard InChI is InChI=1S/C34H26FN3O4S2/c1-21-7-9-23(10-8-21)20-43-34-37-36-33(44-34)38-29(24-13-17-27(18-14-24)42-19-22-5-3-2-4-6-22)28(31(40)32(38)41)30(39)25-11-15-26(35)16-12-25/h2-18,29,39H,19-20H2,1H3/b30-28-. The number of hydrogen-bond donors (Lipinski definition) is 1. The number of aryl methyl sites for hydroxylation is 1. The predicted molar refractivity (Wildman–Crippen MR) is 169 cm³/mol. The van der Waals surface area contributed by atoms with Crippen LogP contribution in [0, 0.1) is 12.7 Å². The first-order valence-electron chi connectivity index (χ1n) is 13.7. The number of amides is 1. The van der Waals surface area contributed by atoms with E-state index in [1.165, 1.54) is 57.8 Å². The summed E-state index contributed by atoms with van der Waals surface area (Å²) < 4.78 is 20.2. The lowest BCUT2D eigenvalue weighted by atomic mass is 9.95. The van der Waals surface area contributed by atoms with Gasteiger partial charge in [0.1, 0.15) is 23.9 Å². The van der Waals surface area contributed by atoms with Crippen molar-refractivity contribution in [3.05, 3.63) is 142 Å². The van der Waals surface area contributed by atoms with E-state index in [4.69, 9.17) is 4.74 Å². The zero-order valence-corrected chi connectivity index (χ0v) is 25.1. The van der Waals surface area contributed by atoms with E-state index in [0.29, 0.717) is 28.0 Å². The fraction of sp³-hybridized carbons (Fsp3) is 0.118. The maximum absolute atomic E-state index is 13.6. The van der Waals surface area contributed by atoms with E-state index in [9.17, 15) is 19.1 Å². The first-order chi connectivity index (χ1) is 21.4. The molecular weight excluding hydrogens is 598 g/mol. The third kappa shape index (κ3) is 6.27. The van der Waals surface area contributed by atoms with Crippen molar-refractivity contribution in [2.45, 2.75) is 29.7 Å². The van der Waals surface area contributed by atoms with Crippen LogP contribution < -0.4 is 9.64 Å². The van der Waals surface area contributed by atoms with E-state index in [-0.39, 0.29) is 16.3 Å². The van der Waals surface area contributed by atoms with Crippen LogP contribution in [0.4, 0.5) is 9.52 Å². The molecule has 0 radical (unpaired) electrons. The summed E-state index contributed by atoms with van der Waals surface area (Å²) in [5.74, 6) is -1.35. The number of benzene rings is 4. The van der Waals surface area contributed by atoms with Crippen LogP contribution in [0.15, 0.2) is 113 Å². The molecule has 1 N–H and O–H groups in total. The SMILES string of the molecule is Cc1ccc(CSc2nnc(N3C(=O)C(=O)/C(=C(\O)c4ccc(F)cc4)C3c3ccc(OCc4ccccc4)cc3)s2)cc1. The van der Waals surface area contributed by atoms with Crippen molar-refractivity contribution in [1.29, 1.82) is 0 Å². The van der Waals surface area contributed by atoms with Crippen LogP contribution in [0.3, 0.4) is 0 Å². The van der Waals surface area contributed by atoms with Gasteiger partial charge in [-0.15, -0.1) is 10.2 Å². The number of aliphatic hydroxyl groups excluding tert-OH is 1. The highest BCUT2D eigenvalue weighted by atomic mass is 32.2. The summed E-state index contributed by atoms with van der Waals surface area (Å²) in [5.41, 5.74) is 3.95. The molecule has 44 heavy (non-hydrogen) atoms. The molecule has 1 unspecified atom stereocenters. The van der Waals surface area contributed by atoms with E-state index in [0.717, 1.165) is 11.1 Å². The molecule has 1 amide bonds. The van der Waals surface area contributed by atoms with Gasteiger partial charge in [0.05, 0.1) is 11.6 Å². The Morgan fingerprint density at radius 3 is 2.32 bits per heavy atom. The van der Waals surface area contributed by atoms with Gasteiger partial charge in [-0.2, -0.15) is 0 Å². The van der Waals surface area contributed by atoms with Crippen molar-refractivity contribution in [2.75, 3.05) is 4.90 Å². The number of rotatable bonds is 9. The van der Waals surface area contributed by atoms with Gasteiger partial charge < -0.3 is 9.84 Å². The summed E-state index contributed by atoms with van der Waals surface area (Å²) in [6, 6.07) is 29.0. The number of anilines is 1. The van der Waals surface area contributed by atoms with Gasteiger partial charge >= 0.3 is 5.91 Å².